The molecule has 3 nitrogen and oxygen atoms in total. The molecule has 0 heterocycles. The minimum absolute atomic E-state index is 0.0403. The number of benzene rings is 1. The molecule has 0 aliphatic carbocycles. The molecule has 3 N–H and O–H groups in total. The van der Waals surface area contributed by atoms with Gasteiger partial charge >= 0.3 is 0 Å². The van der Waals surface area contributed by atoms with Crippen molar-refractivity contribution in [2.75, 3.05) is 6.61 Å². The summed E-state index contributed by atoms with van der Waals surface area (Å²) in [4.78, 5) is 0. The van der Waals surface area contributed by atoms with Gasteiger partial charge in [-0.3, -0.25) is 0 Å². The molecule has 0 aliphatic heterocycles. The van der Waals surface area contributed by atoms with Crippen molar-refractivity contribution in [3.8, 4) is 5.75 Å². The zero-order valence-electron chi connectivity index (χ0n) is 15.3. The van der Waals surface area contributed by atoms with E-state index in [1.165, 1.54) is 18.4 Å². The molecule has 0 spiro atoms. The van der Waals surface area contributed by atoms with Gasteiger partial charge in [-0.05, 0) is 62.6 Å². The fourth-order valence-electron chi connectivity index (χ4n) is 2.60. The molecule has 3 heteroatoms. The predicted molar refractivity (Wildman–Crippen MR) is 97.8 cm³/mol. The van der Waals surface area contributed by atoms with Crippen molar-refractivity contribution < 1.29 is 9.84 Å². The highest BCUT2D eigenvalue weighted by Crippen LogP contribution is 2.20. The lowest BCUT2D eigenvalue weighted by Gasteiger charge is -2.25. The summed E-state index contributed by atoms with van der Waals surface area (Å²) in [6.07, 6.45) is 6.30. The van der Waals surface area contributed by atoms with Crippen LogP contribution in [0, 0.1) is 5.92 Å². The second kappa shape index (κ2) is 9.94. The number of ether oxygens (including phenoxy) is 1. The Morgan fingerprint density at radius 2 is 1.78 bits per heavy atom. The molecule has 0 bridgehead atoms. The van der Waals surface area contributed by atoms with Crippen molar-refractivity contribution in [3.63, 3.8) is 0 Å². The van der Waals surface area contributed by atoms with Crippen molar-refractivity contribution in [2.24, 2.45) is 11.7 Å². The molecular formula is C20H35NO2. The largest absolute Gasteiger partial charge is 0.491 e. The second-order valence-corrected chi connectivity index (χ2v) is 7.27. The van der Waals surface area contributed by atoms with Crippen molar-refractivity contribution in [1.29, 1.82) is 0 Å². The number of hydrogen-bond donors (Lipinski definition) is 2. The van der Waals surface area contributed by atoms with Crippen LogP contribution in [-0.2, 0) is 6.42 Å². The topological polar surface area (TPSA) is 55.5 Å². The molecule has 1 unspecified atom stereocenters. The van der Waals surface area contributed by atoms with Crippen LogP contribution in [-0.4, -0.2) is 23.4 Å². The summed E-state index contributed by atoms with van der Waals surface area (Å²) >= 11 is 0. The maximum Gasteiger partial charge on any atom is 0.119 e. The molecule has 0 aliphatic rings. The number of rotatable bonds is 11. The third-order valence-corrected chi connectivity index (χ3v) is 4.58. The molecule has 0 saturated carbocycles. The van der Waals surface area contributed by atoms with Crippen LogP contribution in [0.2, 0.25) is 0 Å². The van der Waals surface area contributed by atoms with Crippen LogP contribution in [0.25, 0.3) is 0 Å². The van der Waals surface area contributed by atoms with Crippen molar-refractivity contribution >= 4 is 0 Å². The van der Waals surface area contributed by atoms with Gasteiger partial charge in [-0.1, -0.05) is 39.3 Å². The van der Waals surface area contributed by atoms with E-state index in [0.717, 1.165) is 37.4 Å². The van der Waals surface area contributed by atoms with Gasteiger partial charge in [0.2, 0.25) is 0 Å². The Bertz CT molecular complexity index is 424. The summed E-state index contributed by atoms with van der Waals surface area (Å²) in [5.41, 5.74) is 6.91. The average Bonchev–Trinajstić information content (AvgIpc) is 2.53. The van der Waals surface area contributed by atoms with Crippen LogP contribution in [0.4, 0.5) is 0 Å². The average molecular weight is 322 g/mol. The van der Waals surface area contributed by atoms with Gasteiger partial charge in [-0.15, -0.1) is 0 Å². The molecule has 0 radical (unpaired) electrons. The Hall–Kier alpha value is -1.06. The van der Waals surface area contributed by atoms with Gasteiger partial charge in [0.15, 0.2) is 0 Å². The first-order chi connectivity index (χ1) is 10.9. The van der Waals surface area contributed by atoms with E-state index in [1.807, 2.05) is 19.1 Å². The van der Waals surface area contributed by atoms with Crippen LogP contribution in [0.5, 0.6) is 5.75 Å². The molecule has 0 amide bonds. The van der Waals surface area contributed by atoms with Crippen LogP contribution in [0.1, 0.15) is 65.4 Å². The van der Waals surface area contributed by atoms with E-state index in [4.69, 9.17) is 10.5 Å². The van der Waals surface area contributed by atoms with E-state index in [-0.39, 0.29) is 12.7 Å². The van der Waals surface area contributed by atoms with E-state index >= 15 is 0 Å². The summed E-state index contributed by atoms with van der Waals surface area (Å²) in [5.74, 6) is 1.70. The van der Waals surface area contributed by atoms with Gasteiger partial charge in [-0.2, -0.15) is 0 Å². The minimum atomic E-state index is -0.458. The summed E-state index contributed by atoms with van der Waals surface area (Å²) in [6.45, 7) is 8.72. The highest BCUT2D eigenvalue weighted by Gasteiger charge is 2.20. The zero-order chi connectivity index (χ0) is 17.3. The van der Waals surface area contributed by atoms with Gasteiger partial charge in [-0.25, -0.2) is 0 Å². The SMILES string of the molecule is CC[C@@](N)(CO)CCc1ccc(OC(C)CCCC(C)C)cc1. The van der Waals surface area contributed by atoms with E-state index in [0.29, 0.717) is 0 Å². The van der Waals surface area contributed by atoms with Crippen LogP contribution >= 0.6 is 0 Å². The third kappa shape index (κ3) is 7.85. The molecule has 132 valence electrons. The van der Waals surface area contributed by atoms with Gasteiger partial charge in [0, 0.05) is 5.54 Å². The molecule has 23 heavy (non-hydrogen) atoms. The number of hydrogen-bond acceptors (Lipinski definition) is 3. The standard InChI is InChI=1S/C20H35NO2/c1-5-20(21,15-22)14-13-18-9-11-19(12-10-18)23-17(4)8-6-7-16(2)3/h9-12,16-17,22H,5-8,13-15,21H2,1-4H3/t17?,20-/m0/s1. The lowest BCUT2D eigenvalue weighted by molar-refractivity contribution is 0.183. The van der Waals surface area contributed by atoms with Crippen molar-refractivity contribution in [1.82, 2.24) is 0 Å². The monoisotopic (exact) mass is 321 g/mol. The summed E-state index contributed by atoms with van der Waals surface area (Å²) in [6, 6.07) is 8.28. The third-order valence-electron chi connectivity index (χ3n) is 4.58. The van der Waals surface area contributed by atoms with Gasteiger partial charge in [0.1, 0.15) is 5.75 Å². The molecular weight excluding hydrogens is 286 g/mol. The molecule has 0 fully saturated rings. The maximum atomic E-state index is 9.37. The molecule has 1 rings (SSSR count). The maximum absolute atomic E-state index is 9.37. The van der Waals surface area contributed by atoms with Crippen LogP contribution in [0.3, 0.4) is 0 Å². The Kier molecular flexibility index (Phi) is 8.64. The molecule has 1 aromatic rings. The van der Waals surface area contributed by atoms with E-state index in [1.54, 1.807) is 0 Å². The first-order valence-corrected chi connectivity index (χ1v) is 9.04. The number of aliphatic hydroxyl groups excluding tert-OH is 1. The van der Waals surface area contributed by atoms with Gasteiger partial charge < -0.3 is 15.6 Å². The number of nitrogens with two attached hydrogens (primary N) is 1. The van der Waals surface area contributed by atoms with Gasteiger partial charge in [0.05, 0.1) is 12.7 Å². The lowest BCUT2D eigenvalue weighted by atomic mass is 9.90. The normalized spacial score (nSPS) is 15.4. The quantitative estimate of drug-likeness (QED) is 0.638. The van der Waals surface area contributed by atoms with Crippen LogP contribution < -0.4 is 10.5 Å². The number of aryl methyl sites for hydroxylation is 1. The van der Waals surface area contributed by atoms with E-state index in [9.17, 15) is 5.11 Å². The lowest BCUT2D eigenvalue weighted by Crippen LogP contribution is -2.43. The minimum Gasteiger partial charge on any atom is -0.491 e. The summed E-state index contributed by atoms with van der Waals surface area (Å²) in [5, 5.41) is 9.37. The Morgan fingerprint density at radius 3 is 2.30 bits per heavy atom. The number of aliphatic hydroxyl groups is 1. The fraction of sp³-hybridized carbons (Fsp3) is 0.700. The highest BCUT2D eigenvalue weighted by atomic mass is 16.5. The van der Waals surface area contributed by atoms with Crippen molar-refractivity contribution in [3.05, 3.63) is 29.8 Å². The molecule has 1 aromatic carbocycles. The predicted octanol–water partition coefficient (Wildman–Crippen LogP) is 4.31. The molecule has 0 aromatic heterocycles. The van der Waals surface area contributed by atoms with E-state index in [2.05, 4.69) is 32.9 Å². The second-order valence-electron chi connectivity index (χ2n) is 7.27. The molecule has 0 saturated heterocycles. The Balaban J connectivity index is 2.41. The highest BCUT2D eigenvalue weighted by molar-refractivity contribution is 5.27. The van der Waals surface area contributed by atoms with E-state index < -0.39 is 5.54 Å². The summed E-state index contributed by atoms with van der Waals surface area (Å²) in [7, 11) is 0. The molecule has 2 atom stereocenters. The first-order valence-electron chi connectivity index (χ1n) is 9.04. The van der Waals surface area contributed by atoms with Crippen molar-refractivity contribution in [2.45, 2.75) is 77.9 Å². The zero-order valence-corrected chi connectivity index (χ0v) is 15.3. The Morgan fingerprint density at radius 1 is 1.13 bits per heavy atom. The van der Waals surface area contributed by atoms with Gasteiger partial charge in [0.25, 0.3) is 0 Å². The van der Waals surface area contributed by atoms with Crippen LogP contribution in [0.15, 0.2) is 24.3 Å². The first kappa shape index (κ1) is 20.0. The Labute approximate surface area is 142 Å². The smallest absolute Gasteiger partial charge is 0.119 e. The summed E-state index contributed by atoms with van der Waals surface area (Å²) < 4.78 is 5.97. The fourth-order valence-corrected chi connectivity index (χ4v) is 2.60.